The number of pyridine rings is 1. The first-order chi connectivity index (χ1) is 9.49. The van der Waals surface area contributed by atoms with E-state index in [0.29, 0.717) is 11.4 Å². The van der Waals surface area contributed by atoms with Crippen LogP contribution in [0.3, 0.4) is 0 Å². The van der Waals surface area contributed by atoms with Gasteiger partial charge >= 0.3 is 0 Å². The Morgan fingerprint density at radius 1 is 1.40 bits per heavy atom. The summed E-state index contributed by atoms with van der Waals surface area (Å²) in [6.45, 7) is 8.89. The number of rotatable bonds is 7. The van der Waals surface area contributed by atoms with E-state index in [0.717, 1.165) is 31.5 Å². The second-order valence-corrected chi connectivity index (χ2v) is 5.33. The van der Waals surface area contributed by atoms with E-state index >= 15 is 0 Å². The highest BCUT2D eigenvalue weighted by Gasteiger charge is 2.19. The second-order valence-electron chi connectivity index (χ2n) is 5.33. The van der Waals surface area contributed by atoms with Crippen LogP contribution in [-0.4, -0.2) is 28.4 Å². The van der Waals surface area contributed by atoms with Gasteiger partial charge in [0.15, 0.2) is 0 Å². The quantitative estimate of drug-likeness (QED) is 0.457. The summed E-state index contributed by atoms with van der Waals surface area (Å²) in [6, 6.07) is 3.69. The van der Waals surface area contributed by atoms with Gasteiger partial charge in [-0.25, -0.2) is 10.8 Å². The highest BCUT2D eigenvalue weighted by molar-refractivity contribution is 5.95. The number of nitrogen functional groups attached to an aromatic ring is 1. The molecule has 20 heavy (non-hydrogen) atoms. The van der Waals surface area contributed by atoms with Gasteiger partial charge in [-0.1, -0.05) is 19.8 Å². The van der Waals surface area contributed by atoms with Crippen molar-refractivity contribution in [3.8, 4) is 0 Å². The Balaban J connectivity index is 2.91. The molecule has 0 aliphatic heterocycles. The smallest absolute Gasteiger partial charge is 0.254 e. The average molecular weight is 278 g/mol. The summed E-state index contributed by atoms with van der Waals surface area (Å²) in [5, 5.41) is 0. The number of carbonyl (C=O) groups excluding carboxylic acids is 1. The van der Waals surface area contributed by atoms with Crippen molar-refractivity contribution >= 4 is 11.7 Å². The predicted octanol–water partition coefficient (Wildman–Crippen LogP) is 2.72. The normalized spacial score (nSPS) is 10.7. The number of hydrazine groups is 1. The molecule has 0 unspecified atom stereocenters. The van der Waals surface area contributed by atoms with Gasteiger partial charge in [-0.3, -0.25) is 4.79 Å². The van der Waals surface area contributed by atoms with Crippen molar-refractivity contribution in [2.24, 2.45) is 5.84 Å². The van der Waals surface area contributed by atoms with E-state index in [1.807, 2.05) is 25.7 Å². The molecule has 0 saturated heterocycles. The van der Waals surface area contributed by atoms with Gasteiger partial charge in [0.25, 0.3) is 5.91 Å². The number of anilines is 1. The number of nitrogens with one attached hydrogen (secondary N) is 1. The fraction of sp³-hybridized carbons (Fsp3) is 0.600. The molecule has 1 amide bonds. The molecule has 1 heterocycles. The van der Waals surface area contributed by atoms with Crippen LogP contribution >= 0.6 is 0 Å². The zero-order valence-corrected chi connectivity index (χ0v) is 12.9. The number of amides is 1. The van der Waals surface area contributed by atoms with Gasteiger partial charge in [0.1, 0.15) is 5.82 Å². The van der Waals surface area contributed by atoms with Crippen LogP contribution in [0.5, 0.6) is 0 Å². The van der Waals surface area contributed by atoms with E-state index in [2.05, 4.69) is 17.3 Å². The van der Waals surface area contributed by atoms with Crippen LogP contribution in [0.25, 0.3) is 0 Å². The zero-order chi connectivity index (χ0) is 15.1. The van der Waals surface area contributed by atoms with Crippen molar-refractivity contribution in [1.29, 1.82) is 0 Å². The van der Waals surface area contributed by atoms with E-state index in [1.54, 1.807) is 12.1 Å². The summed E-state index contributed by atoms with van der Waals surface area (Å²) in [5.41, 5.74) is 3.92. The Morgan fingerprint density at radius 2 is 2.10 bits per heavy atom. The minimum atomic E-state index is 0.0399. The third kappa shape index (κ3) is 4.49. The molecule has 1 aromatic rings. The van der Waals surface area contributed by atoms with Crippen LogP contribution in [0, 0.1) is 6.92 Å². The summed E-state index contributed by atoms with van der Waals surface area (Å²) < 4.78 is 0. The predicted molar refractivity (Wildman–Crippen MR) is 82.5 cm³/mol. The molecule has 0 saturated carbocycles. The standard InChI is InChI=1S/C15H26N4O/c1-5-6-7-8-19(11(2)3)15(20)13-9-12(4)17-14(10-13)18-16/h9-11H,5-8,16H2,1-4H3,(H,17,18). The molecule has 5 nitrogen and oxygen atoms in total. The molecular formula is C15H26N4O. The van der Waals surface area contributed by atoms with Gasteiger partial charge in [0.2, 0.25) is 0 Å². The van der Waals surface area contributed by atoms with E-state index in [9.17, 15) is 4.79 Å². The van der Waals surface area contributed by atoms with Gasteiger partial charge in [-0.05, 0) is 39.3 Å². The number of nitrogens with zero attached hydrogens (tertiary/aromatic N) is 2. The minimum Gasteiger partial charge on any atom is -0.336 e. The summed E-state index contributed by atoms with van der Waals surface area (Å²) in [7, 11) is 0. The van der Waals surface area contributed by atoms with Crippen molar-refractivity contribution in [2.75, 3.05) is 12.0 Å². The van der Waals surface area contributed by atoms with Crippen molar-refractivity contribution in [3.05, 3.63) is 23.4 Å². The third-order valence-corrected chi connectivity index (χ3v) is 3.24. The van der Waals surface area contributed by atoms with Crippen LogP contribution in [0.1, 0.15) is 56.1 Å². The Kier molecular flexibility index (Phi) is 6.45. The highest BCUT2D eigenvalue weighted by atomic mass is 16.2. The van der Waals surface area contributed by atoms with E-state index in [-0.39, 0.29) is 11.9 Å². The van der Waals surface area contributed by atoms with E-state index in [1.165, 1.54) is 0 Å². The molecule has 0 aliphatic carbocycles. The average Bonchev–Trinajstić information content (AvgIpc) is 2.41. The Hall–Kier alpha value is -1.62. The van der Waals surface area contributed by atoms with Gasteiger partial charge in [0.05, 0.1) is 0 Å². The number of aromatic nitrogens is 1. The number of hydrogen-bond acceptors (Lipinski definition) is 4. The molecule has 0 aromatic carbocycles. The SMILES string of the molecule is CCCCCN(C(=O)c1cc(C)nc(NN)c1)C(C)C. The third-order valence-electron chi connectivity index (χ3n) is 3.24. The number of nitrogens with two attached hydrogens (primary N) is 1. The van der Waals surface area contributed by atoms with Crippen molar-refractivity contribution in [3.63, 3.8) is 0 Å². The van der Waals surface area contributed by atoms with Crippen molar-refractivity contribution in [2.45, 2.75) is 53.0 Å². The Bertz CT molecular complexity index is 445. The van der Waals surface area contributed by atoms with Crippen LogP contribution in [0.4, 0.5) is 5.82 Å². The molecule has 0 fully saturated rings. The maximum atomic E-state index is 12.6. The minimum absolute atomic E-state index is 0.0399. The lowest BCUT2D eigenvalue weighted by molar-refractivity contribution is 0.0702. The van der Waals surface area contributed by atoms with Crippen molar-refractivity contribution < 1.29 is 4.79 Å². The number of aryl methyl sites for hydroxylation is 1. The largest absolute Gasteiger partial charge is 0.336 e. The lowest BCUT2D eigenvalue weighted by atomic mass is 10.1. The fourth-order valence-corrected chi connectivity index (χ4v) is 2.16. The summed E-state index contributed by atoms with van der Waals surface area (Å²) >= 11 is 0. The molecule has 112 valence electrons. The molecule has 0 bridgehead atoms. The Morgan fingerprint density at radius 3 is 2.65 bits per heavy atom. The molecule has 1 aromatic heterocycles. The first-order valence-corrected chi connectivity index (χ1v) is 7.25. The first-order valence-electron chi connectivity index (χ1n) is 7.25. The first kappa shape index (κ1) is 16.4. The number of hydrogen-bond donors (Lipinski definition) is 2. The second kappa shape index (κ2) is 7.85. The molecule has 0 aliphatic rings. The molecule has 1 rings (SSSR count). The van der Waals surface area contributed by atoms with Gasteiger partial charge in [-0.15, -0.1) is 0 Å². The van der Waals surface area contributed by atoms with Crippen LogP contribution in [-0.2, 0) is 0 Å². The van der Waals surface area contributed by atoms with E-state index < -0.39 is 0 Å². The monoisotopic (exact) mass is 278 g/mol. The maximum absolute atomic E-state index is 12.6. The molecule has 0 radical (unpaired) electrons. The van der Waals surface area contributed by atoms with Gasteiger partial charge < -0.3 is 10.3 Å². The Labute approximate surface area is 121 Å². The number of carbonyl (C=O) groups is 1. The van der Waals surface area contributed by atoms with Crippen LogP contribution in [0.2, 0.25) is 0 Å². The number of unbranched alkanes of at least 4 members (excludes halogenated alkanes) is 2. The highest BCUT2D eigenvalue weighted by Crippen LogP contribution is 2.14. The topological polar surface area (TPSA) is 71.2 Å². The summed E-state index contributed by atoms with van der Waals surface area (Å²) in [6.07, 6.45) is 3.32. The zero-order valence-electron chi connectivity index (χ0n) is 12.9. The molecule has 0 spiro atoms. The summed E-state index contributed by atoms with van der Waals surface area (Å²) in [4.78, 5) is 18.7. The van der Waals surface area contributed by atoms with Gasteiger partial charge in [0, 0.05) is 23.8 Å². The van der Waals surface area contributed by atoms with Crippen LogP contribution in [0.15, 0.2) is 12.1 Å². The lowest BCUT2D eigenvalue weighted by Gasteiger charge is -2.27. The molecule has 5 heteroatoms. The molecule has 3 N–H and O–H groups in total. The maximum Gasteiger partial charge on any atom is 0.254 e. The van der Waals surface area contributed by atoms with Crippen LogP contribution < -0.4 is 11.3 Å². The van der Waals surface area contributed by atoms with Crippen molar-refractivity contribution in [1.82, 2.24) is 9.88 Å². The van der Waals surface area contributed by atoms with E-state index in [4.69, 9.17) is 5.84 Å². The van der Waals surface area contributed by atoms with Gasteiger partial charge in [-0.2, -0.15) is 0 Å². The lowest BCUT2D eigenvalue weighted by Crippen LogP contribution is -2.37. The molecule has 0 atom stereocenters. The summed E-state index contributed by atoms with van der Waals surface area (Å²) in [5.74, 6) is 5.94. The molecular weight excluding hydrogens is 252 g/mol. The fourth-order valence-electron chi connectivity index (χ4n) is 2.16.